The van der Waals surface area contributed by atoms with Crippen LogP contribution in [-0.2, 0) is 22.4 Å². The topological polar surface area (TPSA) is 119 Å². The van der Waals surface area contributed by atoms with Crippen LogP contribution in [0.25, 0.3) is 0 Å². The second kappa shape index (κ2) is 10.7. The third-order valence-electron chi connectivity index (χ3n) is 4.85. The SMILES string of the molecule is CN(C)CCNC(=O)N1CCC(Oc2cccc3c2CCC3)C1.O=C(O)C(=O)O. The van der Waals surface area contributed by atoms with E-state index in [1.165, 1.54) is 17.5 Å². The number of carboxylic acid groups (broad SMARTS) is 2. The highest BCUT2D eigenvalue weighted by Crippen LogP contribution is 2.32. The van der Waals surface area contributed by atoms with E-state index in [-0.39, 0.29) is 12.1 Å². The average Bonchev–Trinajstić information content (AvgIpc) is 3.31. The van der Waals surface area contributed by atoms with Crippen molar-refractivity contribution >= 4 is 18.0 Å². The summed E-state index contributed by atoms with van der Waals surface area (Å²) >= 11 is 0. The van der Waals surface area contributed by atoms with Gasteiger partial charge < -0.3 is 30.1 Å². The van der Waals surface area contributed by atoms with Gasteiger partial charge in [0.15, 0.2) is 0 Å². The number of urea groups is 1. The lowest BCUT2D eigenvalue weighted by molar-refractivity contribution is -0.159. The van der Waals surface area contributed by atoms with E-state index in [9.17, 15) is 4.79 Å². The fourth-order valence-corrected chi connectivity index (χ4v) is 3.38. The molecule has 1 fully saturated rings. The Bertz CT molecular complexity index is 725. The molecule has 3 rings (SSSR count). The van der Waals surface area contributed by atoms with E-state index < -0.39 is 11.9 Å². The molecule has 29 heavy (non-hydrogen) atoms. The van der Waals surface area contributed by atoms with Crippen LogP contribution >= 0.6 is 0 Å². The quantitative estimate of drug-likeness (QED) is 0.624. The van der Waals surface area contributed by atoms with Gasteiger partial charge in [0, 0.05) is 26.1 Å². The number of likely N-dealkylation sites (N-methyl/N-ethyl adjacent to an activating group) is 1. The summed E-state index contributed by atoms with van der Waals surface area (Å²) in [4.78, 5) is 34.3. The highest BCUT2D eigenvalue weighted by molar-refractivity contribution is 6.27. The van der Waals surface area contributed by atoms with Crippen molar-refractivity contribution in [2.75, 3.05) is 40.3 Å². The molecule has 1 heterocycles. The third kappa shape index (κ3) is 6.94. The summed E-state index contributed by atoms with van der Waals surface area (Å²) in [6.45, 7) is 2.99. The minimum Gasteiger partial charge on any atom is -0.488 e. The number of carbonyl (C=O) groups excluding carboxylic acids is 1. The Kier molecular flexibility index (Phi) is 8.26. The van der Waals surface area contributed by atoms with Gasteiger partial charge in [-0.3, -0.25) is 0 Å². The number of nitrogens with one attached hydrogen (secondary N) is 1. The van der Waals surface area contributed by atoms with Crippen LogP contribution in [0.5, 0.6) is 5.75 Å². The number of amides is 2. The molecule has 1 aromatic carbocycles. The van der Waals surface area contributed by atoms with Crippen molar-refractivity contribution in [1.82, 2.24) is 15.1 Å². The van der Waals surface area contributed by atoms with E-state index in [4.69, 9.17) is 24.5 Å². The molecule has 1 aliphatic heterocycles. The zero-order valence-electron chi connectivity index (χ0n) is 16.9. The van der Waals surface area contributed by atoms with Crippen LogP contribution in [0, 0.1) is 0 Å². The normalized spacial score (nSPS) is 17.3. The first-order chi connectivity index (χ1) is 13.8. The molecule has 0 bridgehead atoms. The van der Waals surface area contributed by atoms with Crippen LogP contribution in [0.4, 0.5) is 4.79 Å². The number of benzene rings is 1. The summed E-state index contributed by atoms with van der Waals surface area (Å²) in [5, 5.41) is 17.8. The Labute approximate surface area is 170 Å². The van der Waals surface area contributed by atoms with Crippen LogP contribution in [-0.4, -0.2) is 84.4 Å². The van der Waals surface area contributed by atoms with Crippen molar-refractivity contribution in [3.8, 4) is 5.75 Å². The van der Waals surface area contributed by atoms with Crippen LogP contribution in [0.15, 0.2) is 18.2 Å². The van der Waals surface area contributed by atoms with Gasteiger partial charge in [0.1, 0.15) is 11.9 Å². The van der Waals surface area contributed by atoms with Crippen molar-refractivity contribution in [2.24, 2.45) is 0 Å². The molecule has 1 unspecified atom stereocenters. The number of ether oxygens (including phenoxy) is 1. The minimum atomic E-state index is -1.82. The standard InChI is InChI=1S/C18H27N3O2.C2H2O4/c1-20(2)12-10-19-18(22)21-11-9-15(13-21)23-17-8-4-6-14-5-3-7-16(14)17;3-1(4)2(5)6/h4,6,8,15H,3,5,7,9-13H2,1-2H3,(H,19,22);(H,3,4)(H,5,6). The zero-order chi connectivity index (χ0) is 21.4. The van der Waals surface area contributed by atoms with Gasteiger partial charge in [-0.05, 0) is 50.6 Å². The summed E-state index contributed by atoms with van der Waals surface area (Å²) in [6, 6.07) is 6.38. The molecule has 0 aromatic heterocycles. The lowest BCUT2D eigenvalue weighted by Crippen LogP contribution is -2.41. The molecule has 9 heteroatoms. The van der Waals surface area contributed by atoms with Crippen LogP contribution in [0.3, 0.4) is 0 Å². The monoisotopic (exact) mass is 407 g/mol. The number of hydrogen-bond acceptors (Lipinski definition) is 5. The predicted molar refractivity (Wildman–Crippen MR) is 106 cm³/mol. The van der Waals surface area contributed by atoms with Gasteiger partial charge in [-0.25, -0.2) is 14.4 Å². The number of aliphatic carboxylic acids is 2. The predicted octanol–water partition coefficient (Wildman–Crippen LogP) is 1.06. The molecule has 0 spiro atoms. The Morgan fingerprint density at radius 3 is 2.59 bits per heavy atom. The first-order valence-electron chi connectivity index (χ1n) is 9.69. The molecule has 1 aliphatic carbocycles. The number of aryl methyl sites for hydroxylation is 1. The first kappa shape index (κ1) is 22.5. The van der Waals surface area contributed by atoms with Crippen molar-refractivity contribution < 1.29 is 29.3 Å². The Balaban J connectivity index is 0.000000438. The fraction of sp³-hybridized carbons (Fsp3) is 0.550. The van der Waals surface area contributed by atoms with E-state index >= 15 is 0 Å². The highest BCUT2D eigenvalue weighted by Gasteiger charge is 2.28. The first-order valence-corrected chi connectivity index (χ1v) is 9.69. The molecule has 160 valence electrons. The Morgan fingerprint density at radius 2 is 1.93 bits per heavy atom. The molecule has 0 saturated carbocycles. The molecular weight excluding hydrogens is 378 g/mol. The molecule has 1 atom stereocenters. The second-order valence-corrected chi connectivity index (χ2v) is 7.37. The van der Waals surface area contributed by atoms with Gasteiger partial charge in [0.25, 0.3) is 0 Å². The van der Waals surface area contributed by atoms with Crippen LogP contribution < -0.4 is 10.1 Å². The lowest BCUT2D eigenvalue weighted by atomic mass is 10.1. The number of carboxylic acids is 2. The second-order valence-electron chi connectivity index (χ2n) is 7.37. The number of likely N-dealkylation sites (tertiary alicyclic amines) is 1. The van der Waals surface area contributed by atoms with Gasteiger partial charge in [-0.2, -0.15) is 0 Å². The molecule has 3 N–H and O–H groups in total. The number of fused-ring (bicyclic) bond motifs is 1. The van der Waals surface area contributed by atoms with Crippen molar-refractivity contribution in [2.45, 2.75) is 31.8 Å². The summed E-state index contributed by atoms with van der Waals surface area (Å²) in [6.07, 6.45) is 4.53. The fourth-order valence-electron chi connectivity index (χ4n) is 3.38. The molecule has 2 aliphatic rings. The van der Waals surface area contributed by atoms with E-state index in [0.29, 0.717) is 13.1 Å². The van der Waals surface area contributed by atoms with Crippen molar-refractivity contribution in [1.29, 1.82) is 0 Å². The number of carbonyl (C=O) groups is 3. The summed E-state index contributed by atoms with van der Waals surface area (Å²) < 4.78 is 6.21. The van der Waals surface area contributed by atoms with Gasteiger partial charge in [-0.15, -0.1) is 0 Å². The number of rotatable bonds is 5. The molecule has 1 aromatic rings. The van der Waals surface area contributed by atoms with Crippen LogP contribution in [0.2, 0.25) is 0 Å². The molecule has 0 radical (unpaired) electrons. The van der Waals surface area contributed by atoms with Crippen molar-refractivity contribution in [3.63, 3.8) is 0 Å². The van der Waals surface area contributed by atoms with E-state index in [1.54, 1.807) is 0 Å². The maximum absolute atomic E-state index is 12.2. The average molecular weight is 407 g/mol. The van der Waals surface area contributed by atoms with Crippen LogP contribution in [0.1, 0.15) is 24.0 Å². The van der Waals surface area contributed by atoms with Gasteiger partial charge in [-0.1, -0.05) is 12.1 Å². The number of nitrogens with zero attached hydrogens (tertiary/aromatic N) is 2. The van der Waals surface area contributed by atoms with E-state index in [2.05, 4.69) is 28.4 Å². The minimum absolute atomic E-state index is 0.0243. The zero-order valence-corrected chi connectivity index (χ0v) is 16.9. The highest BCUT2D eigenvalue weighted by atomic mass is 16.5. The smallest absolute Gasteiger partial charge is 0.414 e. The van der Waals surface area contributed by atoms with E-state index in [0.717, 1.165) is 38.1 Å². The Hall–Kier alpha value is -2.81. The Morgan fingerprint density at radius 1 is 1.21 bits per heavy atom. The molecule has 1 saturated heterocycles. The lowest BCUT2D eigenvalue weighted by Gasteiger charge is -2.19. The largest absolute Gasteiger partial charge is 0.488 e. The third-order valence-corrected chi connectivity index (χ3v) is 4.85. The van der Waals surface area contributed by atoms with Crippen molar-refractivity contribution in [3.05, 3.63) is 29.3 Å². The molecular formula is C20H29N3O6. The maximum atomic E-state index is 12.2. The maximum Gasteiger partial charge on any atom is 0.414 e. The summed E-state index contributed by atoms with van der Waals surface area (Å²) in [7, 11) is 4.01. The van der Waals surface area contributed by atoms with E-state index in [1.807, 2.05) is 19.0 Å². The number of hydrogen-bond donors (Lipinski definition) is 3. The van der Waals surface area contributed by atoms with Gasteiger partial charge in [0.05, 0.1) is 6.54 Å². The molecule has 9 nitrogen and oxygen atoms in total. The summed E-state index contributed by atoms with van der Waals surface area (Å²) in [5.41, 5.74) is 2.81. The summed E-state index contributed by atoms with van der Waals surface area (Å²) in [5.74, 6) is -2.62. The van der Waals surface area contributed by atoms with Gasteiger partial charge in [0.2, 0.25) is 0 Å². The molecule has 2 amide bonds. The van der Waals surface area contributed by atoms with Gasteiger partial charge >= 0.3 is 18.0 Å².